The Morgan fingerprint density at radius 1 is 1.21 bits per heavy atom. The van der Waals surface area contributed by atoms with Gasteiger partial charge >= 0.3 is 0 Å². The summed E-state index contributed by atoms with van der Waals surface area (Å²) in [6.45, 7) is 6.49. The third-order valence-electron chi connectivity index (χ3n) is 5.04. The van der Waals surface area contributed by atoms with Crippen LogP contribution < -0.4 is 14.4 Å². The van der Waals surface area contributed by atoms with Crippen molar-refractivity contribution in [2.75, 3.05) is 29.5 Å². The predicted octanol–water partition coefficient (Wildman–Crippen LogP) is 3.70. The molecule has 0 unspecified atom stereocenters. The third-order valence-corrected chi connectivity index (χ3v) is 6.22. The minimum Gasteiger partial charge on any atom is -0.496 e. The van der Waals surface area contributed by atoms with E-state index in [2.05, 4.69) is 19.2 Å². The van der Waals surface area contributed by atoms with Gasteiger partial charge in [0, 0.05) is 17.8 Å². The number of aryl methyl sites for hydroxylation is 1. The summed E-state index contributed by atoms with van der Waals surface area (Å²) in [5, 5.41) is 2.98. The topological polar surface area (TPSA) is 75.7 Å². The van der Waals surface area contributed by atoms with E-state index in [0.29, 0.717) is 24.2 Å². The second-order valence-corrected chi connectivity index (χ2v) is 9.35. The SMILES string of the molecule is COc1cc(C)c(NC(=O)c2ccc3c(c2)CCN3S(C)(=O)=O)cc1C(C)C. The van der Waals surface area contributed by atoms with Crippen LogP contribution in [0, 0.1) is 6.92 Å². The molecule has 0 atom stereocenters. The lowest BCUT2D eigenvalue weighted by molar-refractivity contribution is 0.102. The van der Waals surface area contributed by atoms with E-state index in [1.54, 1.807) is 25.3 Å². The van der Waals surface area contributed by atoms with E-state index in [0.717, 1.165) is 28.1 Å². The van der Waals surface area contributed by atoms with Crippen LogP contribution in [0.2, 0.25) is 0 Å². The number of sulfonamides is 1. The fourth-order valence-electron chi connectivity index (χ4n) is 3.51. The standard InChI is InChI=1S/C21H26N2O4S/c1-13(2)17-12-18(14(3)10-20(17)27-4)22-21(24)16-6-7-19-15(11-16)8-9-23(19)28(5,25)26/h6-7,10-13H,8-9H2,1-5H3,(H,22,24). The summed E-state index contributed by atoms with van der Waals surface area (Å²) in [6.07, 6.45) is 1.80. The Hall–Kier alpha value is -2.54. The second-order valence-electron chi connectivity index (χ2n) is 7.45. The summed E-state index contributed by atoms with van der Waals surface area (Å²) in [5.74, 6) is 0.848. The number of fused-ring (bicyclic) bond motifs is 1. The molecule has 0 saturated carbocycles. The van der Waals surface area contributed by atoms with Gasteiger partial charge in [-0.1, -0.05) is 13.8 Å². The van der Waals surface area contributed by atoms with Crippen LogP contribution in [0.4, 0.5) is 11.4 Å². The zero-order chi connectivity index (χ0) is 20.6. The van der Waals surface area contributed by atoms with Crippen molar-refractivity contribution in [3.8, 4) is 5.75 Å². The van der Waals surface area contributed by atoms with Gasteiger partial charge in [-0.3, -0.25) is 9.10 Å². The van der Waals surface area contributed by atoms with Crippen molar-refractivity contribution < 1.29 is 17.9 Å². The average molecular weight is 403 g/mol. The van der Waals surface area contributed by atoms with Gasteiger partial charge in [-0.2, -0.15) is 0 Å². The number of rotatable bonds is 5. The highest BCUT2D eigenvalue weighted by molar-refractivity contribution is 7.92. The summed E-state index contributed by atoms with van der Waals surface area (Å²) in [4.78, 5) is 12.8. The lowest BCUT2D eigenvalue weighted by Crippen LogP contribution is -2.27. The van der Waals surface area contributed by atoms with E-state index in [1.807, 2.05) is 19.1 Å². The molecule has 1 N–H and O–H groups in total. The Bertz CT molecular complexity index is 1030. The second kappa shape index (κ2) is 7.47. The molecule has 28 heavy (non-hydrogen) atoms. The first-order valence-electron chi connectivity index (χ1n) is 9.22. The number of nitrogens with one attached hydrogen (secondary N) is 1. The van der Waals surface area contributed by atoms with Crippen molar-refractivity contribution in [2.45, 2.75) is 33.1 Å². The zero-order valence-electron chi connectivity index (χ0n) is 16.9. The number of carbonyl (C=O) groups is 1. The maximum atomic E-state index is 12.8. The minimum absolute atomic E-state index is 0.219. The summed E-state index contributed by atoms with van der Waals surface area (Å²) in [7, 11) is -1.66. The monoisotopic (exact) mass is 402 g/mol. The summed E-state index contributed by atoms with van der Waals surface area (Å²) in [5.41, 5.74) is 4.72. The molecule has 150 valence electrons. The number of hydrogen-bond donors (Lipinski definition) is 1. The number of amides is 1. The average Bonchev–Trinajstić information content (AvgIpc) is 3.06. The van der Waals surface area contributed by atoms with Gasteiger partial charge in [-0.15, -0.1) is 0 Å². The van der Waals surface area contributed by atoms with Gasteiger partial charge in [-0.25, -0.2) is 8.42 Å². The van der Waals surface area contributed by atoms with E-state index in [1.165, 1.54) is 10.6 Å². The van der Waals surface area contributed by atoms with Gasteiger partial charge in [-0.05, 0) is 66.3 Å². The lowest BCUT2D eigenvalue weighted by Gasteiger charge is -2.17. The molecule has 3 rings (SSSR count). The van der Waals surface area contributed by atoms with Crippen LogP contribution in [-0.4, -0.2) is 34.2 Å². The fraction of sp³-hybridized carbons (Fsp3) is 0.381. The molecule has 0 radical (unpaired) electrons. The lowest BCUT2D eigenvalue weighted by atomic mass is 9.99. The molecule has 1 aliphatic rings. The molecular weight excluding hydrogens is 376 g/mol. The molecule has 1 aliphatic heterocycles. The summed E-state index contributed by atoms with van der Waals surface area (Å²) >= 11 is 0. The summed E-state index contributed by atoms with van der Waals surface area (Å²) < 4.78 is 30.6. The maximum Gasteiger partial charge on any atom is 0.255 e. The van der Waals surface area contributed by atoms with Crippen LogP contribution >= 0.6 is 0 Å². The molecule has 0 fully saturated rings. The Labute approximate surface area is 166 Å². The molecule has 0 saturated heterocycles. The maximum absolute atomic E-state index is 12.8. The number of nitrogens with zero attached hydrogens (tertiary/aromatic N) is 1. The molecule has 6 nitrogen and oxygen atoms in total. The van der Waals surface area contributed by atoms with E-state index < -0.39 is 10.0 Å². The van der Waals surface area contributed by atoms with Crippen molar-refractivity contribution in [1.82, 2.24) is 0 Å². The van der Waals surface area contributed by atoms with Crippen LogP contribution in [-0.2, 0) is 16.4 Å². The first kappa shape index (κ1) is 20.2. The van der Waals surface area contributed by atoms with Crippen LogP contribution in [0.25, 0.3) is 0 Å². The normalized spacial score (nSPS) is 13.6. The molecule has 7 heteroatoms. The van der Waals surface area contributed by atoms with Crippen molar-refractivity contribution in [2.24, 2.45) is 0 Å². The molecular formula is C21H26N2O4S. The summed E-state index contributed by atoms with van der Waals surface area (Å²) in [6, 6.07) is 9.03. The van der Waals surface area contributed by atoms with Crippen molar-refractivity contribution in [3.05, 3.63) is 52.6 Å². The first-order chi connectivity index (χ1) is 13.1. The van der Waals surface area contributed by atoms with E-state index in [4.69, 9.17) is 4.74 Å². The van der Waals surface area contributed by atoms with Crippen molar-refractivity contribution in [1.29, 1.82) is 0 Å². The number of benzene rings is 2. The van der Waals surface area contributed by atoms with Gasteiger partial charge in [0.05, 0.1) is 19.1 Å². The molecule has 1 heterocycles. The number of methoxy groups -OCH3 is 1. The third kappa shape index (κ3) is 3.85. The van der Waals surface area contributed by atoms with E-state index >= 15 is 0 Å². The highest BCUT2D eigenvalue weighted by Crippen LogP contribution is 2.33. The van der Waals surface area contributed by atoms with Gasteiger partial charge < -0.3 is 10.1 Å². The number of ether oxygens (including phenoxy) is 1. The minimum atomic E-state index is -3.30. The molecule has 2 aromatic rings. The molecule has 0 aromatic heterocycles. The van der Waals surface area contributed by atoms with Crippen LogP contribution in [0.3, 0.4) is 0 Å². The Morgan fingerprint density at radius 3 is 2.54 bits per heavy atom. The molecule has 0 aliphatic carbocycles. The van der Waals surface area contributed by atoms with Gasteiger partial charge in [0.25, 0.3) is 5.91 Å². The van der Waals surface area contributed by atoms with Gasteiger partial charge in [0.15, 0.2) is 0 Å². The van der Waals surface area contributed by atoms with Crippen LogP contribution in [0.5, 0.6) is 5.75 Å². The van der Waals surface area contributed by atoms with Crippen molar-refractivity contribution >= 4 is 27.3 Å². The fourth-order valence-corrected chi connectivity index (χ4v) is 4.47. The van der Waals surface area contributed by atoms with Crippen molar-refractivity contribution in [3.63, 3.8) is 0 Å². The Balaban J connectivity index is 1.88. The quantitative estimate of drug-likeness (QED) is 0.827. The van der Waals surface area contributed by atoms with Gasteiger partial charge in [0.2, 0.25) is 10.0 Å². The highest BCUT2D eigenvalue weighted by atomic mass is 32.2. The molecule has 1 amide bonds. The Kier molecular flexibility index (Phi) is 5.39. The van der Waals surface area contributed by atoms with Crippen LogP contribution in [0.15, 0.2) is 30.3 Å². The van der Waals surface area contributed by atoms with Gasteiger partial charge in [0.1, 0.15) is 5.75 Å². The number of hydrogen-bond acceptors (Lipinski definition) is 4. The Morgan fingerprint density at radius 2 is 1.93 bits per heavy atom. The van der Waals surface area contributed by atoms with E-state index in [9.17, 15) is 13.2 Å². The first-order valence-corrected chi connectivity index (χ1v) is 11.1. The largest absolute Gasteiger partial charge is 0.496 e. The zero-order valence-corrected chi connectivity index (χ0v) is 17.7. The van der Waals surface area contributed by atoms with E-state index in [-0.39, 0.29) is 11.8 Å². The molecule has 0 bridgehead atoms. The molecule has 2 aromatic carbocycles. The van der Waals surface area contributed by atoms with Crippen LogP contribution in [0.1, 0.15) is 46.8 Å². The smallest absolute Gasteiger partial charge is 0.255 e. The number of carbonyl (C=O) groups excluding carboxylic acids is 1. The predicted molar refractivity (Wildman–Crippen MR) is 112 cm³/mol. The highest BCUT2D eigenvalue weighted by Gasteiger charge is 2.27. The number of anilines is 2. The molecule has 0 spiro atoms.